The number of hydrogen-bond donors (Lipinski definition) is 2. The molecule has 0 bridgehead atoms. The average molecular weight is 435 g/mol. The molecule has 0 spiro atoms. The van der Waals surface area contributed by atoms with E-state index in [-0.39, 0.29) is 24.0 Å². The molecule has 31 heavy (non-hydrogen) atoms. The first-order valence-electron chi connectivity index (χ1n) is 11.2. The van der Waals surface area contributed by atoms with Gasteiger partial charge in [0.05, 0.1) is 24.5 Å². The summed E-state index contributed by atoms with van der Waals surface area (Å²) in [5.41, 5.74) is 2.12. The highest BCUT2D eigenvalue weighted by atomic mass is 16.6. The maximum absolute atomic E-state index is 12.9. The summed E-state index contributed by atoms with van der Waals surface area (Å²) in [6.07, 6.45) is 6.69. The van der Waals surface area contributed by atoms with Gasteiger partial charge in [-0.1, -0.05) is 55.4 Å². The van der Waals surface area contributed by atoms with Gasteiger partial charge in [0.15, 0.2) is 5.69 Å². The number of aliphatic hydroxyl groups is 1. The highest BCUT2D eigenvalue weighted by Crippen LogP contribution is 2.31. The van der Waals surface area contributed by atoms with E-state index in [0.717, 1.165) is 24.1 Å². The van der Waals surface area contributed by atoms with E-state index < -0.39 is 0 Å². The molecule has 2 aromatic rings. The zero-order chi connectivity index (χ0) is 23.8. The van der Waals surface area contributed by atoms with E-state index in [1.54, 1.807) is 30.4 Å². The fourth-order valence-electron chi connectivity index (χ4n) is 3.38. The van der Waals surface area contributed by atoms with E-state index in [0.29, 0.717) is 17.4 Å². The highest BCUT2D eigenvalue weighted by molar-refractivity contribution is 5.94. The number of aliphatic hydroxyl groups excluding tert-OH is 1. The molecule has 8 nitrogen and oxygen atoms in total. The Morgan fingerprint density at radius 2 is 1.97 bits per heavy atom. The number of amides is 1. The van der Waals surface area contributed by atoms with Crippen LogP contribution in [0.15, 0.2) is 18.6 Å². The van der Waals surface area contributed by atoms with Crippen LogP contribution in [-0.2, 0) is 12.8 Å². The van der Waals surface area contributed by atoms with Crippen molar-refractivity contribution in [1.82, 2.24) is 20.1 Å². The molecule has 8 heteroatoms. The maximum atomic E-state index is 12.9. The van der Waals surface area contributed by atoms with Crippen LogP contribution in [0.3, 0.4) is 0 Å². The third-order valence-electron chi connectivity index (χ3n) is 5.02. The van der Waals surface area contributed by atoms with E-state index in [1.807, 2.05) is 48.5 Å². The van der Waals surface area contributed by atoms with Crippen LogP contribution in [0.4, 0.5) is 0 Å². The SMILES string of the molecule is CC.CC.CO[n+]1ccnc(-n2nc(C(=O)NC(CO)C(C)(C)C)c3c2CC(C)C3)c1. The Morgan fingerprint density at radius 1 is 1.32 bits per heavy atom. The molecule has 0 aromatic carbocycles. The Morgan fingerprint density at radius 3 is 2.52 bits per heavy atom. The second kappa shape index (κ2) is 11.8. The average Bonchev–Trinajstić information content (AvgIpc) is 3.31. The van der Waals surface area contributed by atoms with Crippen LogP contribution in [0, 0.1) is 11.3 Å². The van der Waals surface area contributed by atoms with Crippen LogP contribution in [-0.4, -0.2) is 45.5 Å². The van der Waals surface area contributed by atoms with Crippen LogP contribution in [0.2, 0.25) is 0 Å². The zero-order valence-electron chi connectivity index (χ0n) is 20.6. The van der Waals surface area contributed by atoms with Gasteiger partial charge in [-0.3, -0.25) is 9.63 Å². The van der Waals surface area contributed by atoms with Gasteiger partial charge in [-0.15, -0.1) is 0 Å². The second-order valence-electron chi connectivity index (χ2n) is 8.23. The molecule has 2 atom stereocenters. The number of nitrogens with one attached hydrogen (secondary N) is 1. The van der Waals surface area contributed by atoms with Crippen molar-refractivity contribution in [1.29, 1.82) is 0 Å². The van der Waals surface area contributed by atoms with E-state index in [9.17, 15) is 9.90 Å². The van der Waals surface area contributed by atoms with Crippen LogP contribution in [0.25, 0.3) is 5.82 Å². The first-order chi connectivity index (χ1) is 14.7. The summed E-state index contributed by atoms with van der Waals surface area (Å²) in [6, 6.07) is -0.352. The fourth-order valence-corrected chi connectivity index (χ4v) is 3.38. The van der Waals surface area contributed by atoms with Crippen molar-refractivity contribution in [2.75, 3.05) is 13.7 Å². The molecule has 2 unspecified atom stereocenters. The monoisotopic (exact) mass is 434 g/mol. The Kier molecular flexibility index (Phi) is 10.1. The van der Waals surface area contributed by atoms with E-state index in [2.05, 4.69) is 22.3 Å². The molecule has 0 saturated carbocycles. The van der Waals surface area contributed by atoms with Crippen molar-refractivity contribution in [3.05, 3.63) is 35.5 Å². The third kappa shape index (κ3) is 6.26. The molecule has 3 rings (SSSR count). The van der Waals surface area contributed by atoms with Crippen molar-refractivity contribution in [3.8, 4) is 5.82 Å². The Labute approximate surface area is 186 Å². The standard InChI is InChI=1S/C19H27N5O3.2C2H6/c1-12-8-13-14(9-12)24(16-10-23(27-5)7-6-20-16)22-17(13)18(26)21-15(11-25)19(2,3)4;2*1-2/h6-7,10,12,15,25H,8-9,11H2,1-5H3;2*1-2H3/p+1. The van der Waals surface area contributed by atoms with Crippen molar-refractivity contribution in [3.63, 3.8) is 0 Å². The summed E-state index contributed by atoms with van der Waals surface area (Å²) in [5, 5.41) is 17.2. The molecule has 0 fully saturated rings. The molecule has 1 amide bonds. The number of aromatic nitrogens is 4. The minimum absolute atomic E-state index is 0.122. The van der Waals surface area contributed by atoms with Crippen LogP contribution in [0.5, 0.6) is 0 Å². The Balaban J connectivity index is 0.00000113. The summed E-state index contributed by atoms with van der Waals surface area (Å²) in [5.74, 6) is 0.771. The summed E-state index contributed by atoms with van der Waals surface area (Å²) in [7, 11) is 1.57. The van der Waals surface area contributed by atoms with Crippen molar-refractivity contribution in [2.24, 2.45) is 11.3 Å². The fraction of sp³-hybridized carbons (Fsp3) is 0.652. The summed E-state index contributed by atoms with van der Waals surface area (Å²) >= 11 is 0. The van der Waals surface area contributed by atoms with Gasteiger partial charge in [-0.2, -0.15) is 5.10 Å². The van der Waals surface area contributed by atoms with E-state index in [4.69, 9.17) is 4.84 Å². The lowest BCUT2D eigenvalue weighted by atomic mass is 9.87. The van der Waals surface area contributed by atoms with Gasteiger partial charge in [-0.25, -0.2) is 9.67 Å². The summed E-state index contributed by atoms with van der Waals surface area (Å²) in [6.45, 7) is 16.0. The second-order valence-corrected chi connectivity index (χ2v) is 8.23. The zero-order valence-corrected chi connectivity index (χ0v) is 20.6. The number of carbonyl (C=O) groups excluding carboxylic acids is 1. The van der Waals surface area contributed by atoms with Gasteiger partial charge in [0.2, 0.25) is 12.0 Å². The van der Waals surface area contributed by atoms with E-state index >= 15 is 0 Å². The number of carbonyl (C=O) groups is 1. The molecular formula is C23H40N5O3+. The minimum Gasteiger partial charge on any atom is -0.394 e. The predicted octanol–water partition coefficient (Wildman–Crippen LogP) is 2.54. The Hall–Kier alpha value is -2.48. The van der Waals surface area contributed by atoms with Crippen LogP contribution >= 0.6 is 0 Å². The molecule has 2 heterocycles. The molecule has 0 radical (unpaired) electrons. The first kappa shape index (κ1) is 26.6. The van der Waals surface area contributed by atoms with Crippen LogP contribution < -0.4 is 14.9 Å². The topological polar surface area (TPSA) is 93.2 Å². The van der Waals surface area contributed by atoms with Gasteiger partial charge in [0, 0.05) is 10.3 Å². The molecule has 2 aromatic heterocycles. The molecule has 2 N–H and O–H groups in total. The van der Waals surface area contributed by atoms with Gasteiger partial charge in [0.25, 0.3) is 12.1 Å². The number of nitrogens with zero attached hydrogens (tertiary/aromatic N) is 4. The van der Waals surface area contributed by atoms with Gasteiger partial charge in [0.1, 0.15) is 7.11 Å². The normalized spacial score (nSPS) is 15.6. The Bertz CT molecular complexity index is 842. The molecule has 0 saturated heterocycles. The van der Waals surface area contributed by atoms with E-state index in [1.165, 1.54) is 4.73 Å². The lowest BCUT2D eigenvalue weighted by Crippen LogP contribution is -2.46. The molecule has 1 aliphatic rings. The lowest BCUT2D eigenvalue weighted by Gasteiger charge is -2.29. The largest absolute Gasteiger partial charge is 0.394 e. The summed E-state index contributed by atoms with van der Waals surface area (Å²) in [4.78, 5) is 22.5. The first-order valence-corrected chi connectivity index (χ1v) is 11.2. The van der Waals surface area contributed by atoms with Gasteiger partial charge < -0.3 is 10.4 Å². The maximum Gasteiger partial charge on any atom is 0.272 e. The number of hydrogen-bond acceptors (Lipinski definition) is 5. The molecule has 0 aliphatic heterocycles. The smallest absolute Gasteiger partial charge is 0.272 e. The quantitative estimate of drug-likeness (QED) is 0.706. The van der Waals surface area contributed by atoms with Gasteiger partial charge in [-0.05, 0) is 24.2 Å². The lowest BCUT2D eigenvalue weighted by molar-refractivity contribution is -0.885. The van der Waals surface area contributed by atoms with Crippen molar-refractivity contribution >= 4 is 5.91 Å². The molecule has 174 valence electrons. The number of rotatable bonds is 5. The predicted molar refractivity (Wildman–Crippen MR) is 121 cm³/mol. The number of fused-ring (bicyclic) bond motifs is 1. The van der Waals surface area contributed by atoms with Crippen molar-refractivity contribution < 1.29 is 19.5 Å². The minimum atomic E-state index is -0.352. The molecular weight excluding hydrogens is 394 g/mol. The van der Waals surface area contributed by atoms with Gasteiger partial charge >= 0.3 is 0 Å². The van der Waals surface area contributed by atoms with Crippen LogP contribution in [0.1, 0.15) is 77.1 Å². The van der Waals surface area contributed by atoms with Crippen molar-refractivity contribution in [2.45, 2.75) is 74.3 Å². The molecule has 1 aliphatic carbocycles. The highest BCUT2D eigenvalue weighted by Gasteiger charge is 2.33. The summed E-state index contributed by atoms with van der Waals surface area (Å²) < 4.78 is 3.27. The third-order valence-corrected chi connectivity index (χ3v) is 5.02.